The summed E-state index contributed by atoms with van der Waals surface area (Å²) in [5, 5.41) is 5.64. The number of aryl methyl sites for hydroxylation is 1. The zero-order chi connectivity index (χ0) is 13.1. The highest BCUT2D eigenvalue weighted by atomic mass is 32.1. The van der Waals surface area contributed by atoms with E-state index in [-0.39, 0.29) is 0 Å². The molecule has 19 heavy (non-hydrogen) atoms. The van der Waals surface area contributed by atoms with Crippen molar-refractivity contribution in [1.29, 1.82) is 0 Å². The van der Waals surface area contributed by atoms with Gasteiger partial charge in [-0.05, 0) is 12.8 Å². The van der Waals surface area contributed by atoms with Crippen LogP contribution in [0.2, 0.25) is 0 Å². The van der Waals surface area contributed by atoms with Crippen LogP contribution >= 0.6 is 11.3 Å². The third-order valence-electron chi connectivity index (χ3n) is 3.59. The maximum absolute atomic E-state index is 4.88. The molecule has 0 radical (unpaired) electrons. The quantitative estimate of drug-likeness (QED) is 0.825. The third kappa shape index (κ3) is 2.95. The molecule has 1 aromatic heterocycles. The van der Waals surface area contributed by atoms with Crippen LogP contribution in [0, 0.1) is 0 Å². The molecule has 1 heterocycles. The molecule has 1 aliphatic rings. The Morgan fingerprint density at radius 1 is 1.16 bits per heavy atom. The van der Waals surface area contributed by atoms with Gasteiger partial charge in [-0.1, -0.05) is 60.9 Å². The van der Waals surface area contributed by atoms with Crippen LogP contribution in [0.25, 0.3) is 10.6 Å². The number of aromatic nitrogens is 2. The Labute approximate surface area is 117 Å². The summed E-state index contributed by atoms with van der Waals surface area (Å²) in [5.74, 6) is 0. The molecule has 0 amide bonds. The molecule has 1 aliphatic carbocycles. The Morgan fingerprint density at radius 2 is 1.89 bits per heavy atom. The van der Waals surface area contributed by atoms with Gasteiger partial charge in [0, 0.05) is 12.6 Å². The Bertz CT molecular complexity index is 591. The minimum absolute atomic E-state index is 0.504. The molecular formula is C15H19N3S. The van der Waals surface area contributed by atoms with E-state index in [9.17, 15) is 0 Å². The lowest BCUT2D eigenvalue weighted by molar-refractivity contribution is 0.434. The van der Waals surface area contributed by atoms with Gasteiger partial charge in [0.25, 0.3) is 0 Å². The largest absolute Gasteiger partial charge is 0.254 e. The monoisotopic (exact) mass is 273 g/mol. The molecule has 3 rings (SSSR count). The maximum atomic E-state index is 4.88. The van der Waals surface area contributed by atoms with Gasteiger partial charge in [-0.15, -0.1) is 0 Å². The van der Waals surface area contributed by atoms with Gasteiger partial charge in [-0.3, -0.25) is 4.99 Å². The van der Waals surface area contributed by atoms with E-state index < -0.39 is 0 Å². The van der Waals surface area contributed by atoms with E-state index in [0.717, 1.165) is 9.81 Å². The number of nitrogens with zero attached hydrogens (tertiary/aromatic N) is 3. The van der Waals surface area contributed by atoms with E-state index in [4.69, 9.17) is 4.99 Å². The number of benzene rings is 1. The minimum atomic E-state index is 0.504. The van der Waals surface area contributed by atoms with Crippen molar-refractivity contribution < 1.29 is 0 Å². The molecule has 2 aromatic rings. The minimum Gasteiger partial charge on any atom is -0.254 e. The van der Waals surface area contributed by atoms with Crippen molar-refractivity contribution in [3.8, 4) is 10.6 Å². The van der Waals surface area contributed by atoms with Crippen molar-refractivity contribution in [2.24, 2.45) is 12.0 Å². The summed E-state index contributed by atoms with van der Waals surface area (Å²) in [5.41, 5.74) is 1.17. The van der Waals surface area contributed by atoms with Crippen LogP contribution in [0.3, 0.4) is 0 Å². The first kappa shape index (κ1) is 12.6. The number of hydrogen-bond donors (Lipinski definition) is 0. The summed E-state index contributed by atoms with van der Waals surface area (Å²) >= 11 is 1.69. The number of hydrogen-bond acceptors (Lipinski definition) is 3. The molecule has 3 nitrogen and oxygen atoms in total. The van der Waals surface area contributed by atoms with Crippen molar-refractivity contribution in [2.45, 2.75) is 38.1 Å². The van der Waals surface area contributed by atoms with Gasteiger partial charge in [0.15, 0.2) is 0 Å². The highest BCUT2D eigenvalue weighted by molar-refractivity contribution is 7.12. The topological polar surface area (TPSA) is 30.2 Å². The first-order chi connectivity index (χ1) is 9.33. The predicted octanol–water partition coefficient (Wildman–Crippen LogP) is 3.38. The standard InChI is InChI=1S/C15H19N3S/c1-18-15(16-13-10-6-3-7-11-13)19-14(17-18)12-8-4-2-5-9-12/h2,4-5,8-9,13H,3,6-7,10-11H2,1H3/b16-15-. The smallest absolute Gasteiger partial charge is 0.203 e. The maximum Gasteiger partial charge on any atom is 0.203 e. The van der Waals surface area contributed by atoms with Gasteiger partial charge >= 0.3 is 0 Å². The van der Waals surface area contributed by atoms with E-state index in [2.05, 4.69) is 29.4 Å². The third-order valence-corrected chi connectivity index (χ3v) is 4.66. The van der Waals surface area contributed by atoms with Gasteiger partial charge in [-0.2, -0.15) is 5.10 Å². The Hall–Kier alpha value is -1.42. The fourth-order valence-corrected chi connectivity index (χ4v) is 3.49. The molecule has 1 aromatic carbocycles. The molecular weight excluding hydrogens is 254 g/mol. The van der Waals surface area contributed by atoms with Gasteiger partial charge in [0.2, 0.25) is 4.80 Å². The molecule has 0 atom stereocenters. The van der Waals surface area contributed by atoms with Gasteiger partial charge in [-0.25, -0.2) is 4.68 Å². The van der Waals surface area contributed by atoms with Crippen LogP contribution in [0.4, 0.5) is 0 Å². The van der Waals surface area contributed by atoms with E-state index in [1.165, 1.54) is 37.7 Å². The second-order valence-electron chi connectivity index (χ2n) is 5.10. The highest BCUT2D eigenvalue weighted by Gasteiger charge is 2.12. The summed E-state index contributed by atoms with van der Waals surface area (Å²) in [6.07, 6.45) is 6.48. The van der Waals surface area contributed by atoms with Crippen molar-refractivity contribution in [2.75, 3.05) is 0 Å². The van der Waals surface area contributed by atoms with Crippen molar-refractivity contribution in [3.05, 3.63) is 35.1 Å². The SMILES string of the molecule is Cn1nc(-c2ccccc2)s/c1=N\C1CCCCC1. The van der Waals surface area contributed by atoms with Crippen molar-refractivity contribution in [3.63, 3.8) is 0 Å². The lowest BCUT2D eigenvalue weighted by Crippen LogP contribution is -2.18. The van der Waals surface area contributed by atoms with Crippen LogP contribution in [0.1, 0.15) is 32.1 Å². The average Bonchev–Trinajstić information content (AvgIpc) is 2.82. The second kappa shape index (κ2) is 5.70. The zero-order valence-corrected chi connectivity index (χ0v) is 12.1. The summed E-state index contributed by atoms with van der Waals surface area (Å²) in [6.45, 7) is 0. The average molecular weight is 273 g/mol. The Morgan fingerprint density at radius 3 is 2.63 bits per heavy atom. The van der Waals surface area contributed by atoms with E-state index >= 15 is 0 Å². The molecule has 0 unspecified atom stereocenters. The van der Waals surface area contributed by atoms with E-state index in [0.29, 0.717) is 6.04 Å². The van der Waals surface area contributed by atoms with Crippen molar-refractivity contribution >= 4 is 11.3 Å². The van der Waals surface area contributed by atoms with Crippen LogP contribution in [0.5, 0.6) is 0 Å². The normalized spacial score (nSPS) is 17.8. The predicted molar refractivity (Wildman–Crippen MR) is 79.0 cm³/mol. The summed E-state index contributed by atoms with van der Waals surface area (Å²) in [7, 11) is 1.99. The first-order valence-corrected chi connectivity index (χ1v) is 7.78. The fraction of sp³-hybridized carbons (Fsp3) is 0.467. The number of rotatable bonds is 2. The van der Waals surface area contributed by atoms with Crippen molar-refractivity contribution in [1.82, 2.24) is 9.78 Å². The van der Waals surface area contributed by atoms with Crippen LogP contribution in [-0.2, 0) is 7.05 Å². The summed E-state index contributed by atoms with van der Waals surface area (Å²) < 4.78 is 1.92. The molecule has 0 bridgehead atoms. The summed E-state index contributed by atoms with van der Waals surface area (Å²) in [4.78, 5) is 5.93. The van der Waals surface area contributed by atoms with Gasteiger partial charge in [0.05, 0.1) is 6.04 Å². The molecule has 0 saturated heterocycles. The molecule has 1 fully saturated rings. The molecule has 1 saturated carbocycles. The molecule has 0 aliphatic heterocycles. The lowest BCUT2D eigenvalue weighted by Gasteiger charge is -2.16. The lowest BCUT2D eigenvalue weighted by atomic mass is 9.96. The molecule has 0 spiro atoms. The molecule has 4 heteroatoms. The van der Waals surface area contributed by atoms with E-state index in [1.54, 1.807) is 11.3 Å². The molecule has 0 N–H and O–H groups in total. The van der Waals surface area contributed by atoms with Crippen LogP contribution in [0.15, 0.2) is 35.3 Å². The van der Waals surface area contributed by atoms with Gasteiger partial charge < -0.3 is 0 Å². The van der Waals surface area contributed by atoms with Gasteiger partial charge in [0.1, 0.15) is 5.01 Å². The highest BCUT2D eigenvalue weighted by Crippen LogP contribution is 2.21. The fourth-order valence-electron chi connectivity index (χ4n) is 2.53. The Kier molecular flexibility index (Phi) is 3.78. The first-order valence-electron chi connectivity index (χ1n) is 6.96. The Balaban J connectivity index is 1.91. The van der Waals surface area contributed by atoms with Crippen LogP contribution < -0.4 is 4.80 Å². The van der Waals surface area contributed by atoms with E-state index in [1.807, 2.05) is 17.8 Å². The van der Waals surface area contributed by atoms with Crippen LogP contribution in [-0.4, -0.2) is 15.8 Å². The second-order valence-corrected chi connectivity index (χ2v) is 6.06. The summed E-state index contributed by atoms with van der Waals surface area (Å²) in [6, 6.07) is 10.8. The zero-order valence-electron chi connectivity index (χ0n) is 11.2. The molecule has 100 valence electrons.